The Morgan fingerprint density at radius 3 is 1.80 bits per heavy atom. The maximum absolute atomic E-state index is 11.7. The molecule has 1 aromatic rings. The van der Waals surface area contributed by atoms with E-state index in [9.17, 15) is 19.8 Å². The molecule has 0 saturated carbocycles. The number of carboxylic acids is 2. The molecule has 0 spiro atoms. The van der Waals surface area contributed by atoms with Gasteiger partial charge < -0.3 is 15.1 Å². The van der Waals surface area contributed by atoms with Crippen molar-refractivity contribution in [3.05, 3.63) is 39.6 Å². The van der Waals surface area contributed by atoms with Crippen molar-refractivity contribution >= 4 is 27.9 Å². The summed E-state index contributed by atoms with van der Waals surface area (Å²) in [6.45, 7) is 8.76. The van der Waals surface area contributed by atoms with Crippen LogP contribution in [-0.4, -0.2) is 45.5 Å². The second kappa shape index (κ2) is 9.41. The maximum atomic E-state index is 11.7. The second-order valence-electron chi connectivity index (χ2n) is 6.13. The number of carboxylic acid groups (broad SMARTS) is 2. The molecule has 1 aromatic carbocycles. The molecule has 0 aromatic heterocycles. The van der Waals surface area contributed by atoms with Gasteiger partial charge in [-0.25, -0.2) is 9.59 Å². The molecule has 2 N–H and O–H groups in total. The molecule has 1 saturated heterocycles. The molecule has 0 aliphatic carbocycles. The average Bonchev–Trinajstić information content (AvgIpc) is 2.58. The fourth-order valence-corrected chi connectivity index (χ4v) is 3.23. The number of aromatic carboxylic acids is 2. The molecule has 2 rings (SSSR count). The fourth-order valence-electron chi connectivity index (χ4n) is 3.23. The molecule has 0 unspecified atom stereocenters. The van der Waals surface area contributed by atoms with Crippen molar-refractivity contribution in [1.29, 1.82) is 0 Å². The first-order valence-corrected chi connectivity index (χ1v) is 8.99. The van der Waals surface area contributed by atoms with Gasteiger partial charge in [-0.1, -0.05) is 6.08 Å². The lowest BCUT2D eigenvalue weighted by Gasteiger charge is -2.33. The minimum atomic E-state index is -1.07. The molecule has 6 heteroatoms. The van der Waals surface area contributed by atoms with Crippen LogP contribution in [0.15, 0.2) is 11.8 Å². The Bertz CT molecular complexity index is 673. The van der Waals surface area contributed by atoms with Gasteiger partial charge in [-0.3, -0.25) is 0 Å². The molecular weight excluding hydrogens is 334 g/mol. The number of benzene rings is 1. The molecule has 135 valence electrons. The number of hydrogen-bond donors (Lipinski definition) is 2. The Labute approximate surface area is 152 Å². The van der Waals surface area contributed by atoms with E-state index < -0.39 is 11.9 Å². The second-order valence-corrected chi connectivity index (χ2v) is 6.46. The molecule has 1 aliphatic rings. The van der Waals surface area contributed by atoms with Crippen LogP contribution in [0, 0.1) is 20.8 Å². The largest absolute Gasteiger partial charge is 0.478 e. The Hall–Kier alpha value is -2.08. The van der Waals surface area contributed by atoms with Crippen LogP contribution in [-0.2, 0) is 0 Å². The summed E-state index contributed by atoms with van der Waals surface area (Å²) in [6.07, 6.45) is 5.15. The average molecular weight is 361 g/mol. The normalized spacial score (nSPS) is 14.2. The van der Waals surface area contributed by atoms with Gasteiger partial charge in [-0.05, 0) is 63.6 Å². The Morgan fingerprint density at radius 2 is 1.40 bits per heavy atom. The molecule has 1 aliphatic heterocycles. The standard InChI is InChI=1S/C16H21NO4.C3H5Si/c1-9-10(2)14(17-7-5-4-6-8-17)13(16(20)21)11(3)12(9)15(18)19;1-2-3-4/h4-8H2,1-3H3,(H,18,19)(H,20,21);2-3H,1H3. The van der Waals surface area contributed by atoms with Gasteiger partial charge in [-0.2, -0.15) is 0 Å². The molecule has 3 radical (unpaired) electrons. The molecule has 5 nitrogen and oxygen atoms in total. The van der Waals surface area contributed by atoms with Crippen LogP contribution < -0.4 is 4.90 Å². The summed E-state index contributed by atoms with van der Waals surface area (Å²) in [5.41, 5.74) is 4.52. The van der Waals surface area contributed by atoms with E-state index in [0.717, 1.165) is 37.9 Å². The Kier molecular flexibility index (Phi) is 7.89. The molecule has 25 heavy (non-hydrogen) atoms. The number of anilines is 1. The number of allylic oxidation sites excluding steroid dienone is 1. The molecule has 0 bridgehead atoms. The Balaban J connectivity index is 0.000000705. The van der Waals surface area contributed by atoms with Crippen molar-refractivity contribution in [2.75, 3.05) is 18.0 Å². The van der Waals surface area contributed by atoms with Gasteiger partial charge in [0, 0.05) is 13.1 Å². The molecular formula is C19H26NO4Si. The molecule has 0 amide bonds. The first kappa shape index (κ1) is 21.0. The summed E-state index contributed by atoms with van der Waals surface area (Å²) in [4.78, 5) is 25.2. The summed E-state index contributed by atoms with van der Waals surface area (Å²) in [7, 11) is 3.11. The third-order valence-corrected chi connectivity index (χ3v) is 4.88. The van der Waals surface area contributed by atoms with Gasteiger partial charge in [0.05, 0.1) is 27.1 Å². The third-order valence-electron chi connectivity index (χ3n) is 4.55. The molecule has 1 heterocycles. The highest BCUT2D eigenvalue weighted by molar-refractivity contribution is 6.16. The van der Waals surface area contributed by atoms with Gasteiger partial charge in [0.2, 0.25) is 0 Å². The monoisotopic (exact) mass is 360 g/mol. The zero-order valence-corrected chi connectivity index (χ0v) is 16.3. The van der Waals surface area contributed by atoms with E-state index in [1.54, 1.807) is 19.5 Å². The summed E-state index contributed by atoms with van der Waals surface area (Å²) >= 11 is 0. The van der Waals surface area contributed by atoms with E-state index >= 15 is 0 Å². The minimum Gasteiger partial charge on any atom is -0.478 e. The third kappa shape index (κ3) is 4.72. The van der Waals surface area contributed by atoms with Crippen molar-refractivity contribution in [2.24, 2.45) is 0 Å². The van der Waals surface area contributed by atoms with Crippen LogP contribution in [0.4, 0.5) is 5.69 Å². The van der Waals surface area contributed by atoms with Crippen molar-refractivity contribution in [1.82, 2.24) is 0 Å². The van der Waals surface area contributed by atoms with E-state index in [2.05, 4.69) is 15.1 Å². The van der Waals surface area contributed by atoms with Crippen molar-refractivity contribution in [3.63, 3.8) is 0 Å². The molecule has 0 atom stereocenters. The minimum absolute atomic E-state index is 0.116. The first-order valence-electron chi connectivity index (χ1n) is 8.41. The van der Waals surface area contributed by atoms with Crippen LogP contribution in [0.5, 0.6) is 0 Å². The Morgan fingerprint density at radius 1 is 0.920 bits per heavy atom. The van der Waals surface area contributed by atoms with Crippen molar-refractivity contribution in [3.8, 4) is 0 Å². The highest BCUT2D eigenvalue weighted by Gasteiger charge is 2.28. The van der Waals surface area contributed by atoms with E-state index in [-0.39, 0.29) is 11.1 Å². The highest BCUT2D eigenvalue weighted by Crippen LogP contribution is 2.35. The summed E-state index contributed by atoms with van der Waals surface area (Å²) < 4.78 is 0. The SMILES string of the molecule is CC=C[Si].Cc1c(C)c(N2CCCCC2)c(C(=O)O)c(C)c1C(=O)O. The lowest BCUT2D eigenvalue weighted by Crippen LogP contribution is -2.32. The zero-order chi connectivity index (χ0) is 19.1. The summed E-state index contributed by atoms with van der Waals surface area (Å²) in [5.74, 6) is -2.13. The van der Waals surface area contributed by atoms with Crippen LogP contribution in [0.3, 0.4) is 0 Å². The highest BCUT2D eigenvalue weighted by atomic mass is 28.1. The van der Waals surface area contributed by atoms with Gasteiger partial charge in [0.25, 0.3) is 0 Å². The molecule has 1 fully saturated rings. The number of piperidine rings is 1. The summed E-state index contributed by atoms with van der Waals surface area (Å²) in [5, 5.41) is 19.0. The number of nitrogens with zero attached hydrogens (tertiary/aromatic N) is 1. The van der Waals surface area contributed by atoms with Gasteiger partial charge in [-0.15, -0.1) is 5.70 Å². The van der Waals surface area contributed by atoms with Crippen LogP contribution >= 0.6 is 0 Å². The quantitative estimate of drug-likeness (QED) is 0.804. The van der Waals surface area contributed by atoms with Gasteiger partial charge >= 0.3 is 11.9 Å². The van der Waals surface area contributed by atoms with E-state index in [1.807, 2.05) is 19.9 Å². The fraction of sp³-hybridized carbons (Fsp3) is 0.474. The maximum Gasteiger partial charge on any atom is 0.338 e. The lowest BCUT2D eigenvalue weighted by molar-refractivity contribution is 0.0695. The lowest BCUT2D eigenvalue weighted by atomic mass is 9.90. The number of rotatable bonds is 3. The summed E-state index contributed by atoms with van der Waals surface area (Å²) in [6, 6.07) is 0. The van der Waals surface area contributed by atoms with Gasteiger partial charge in [0.15, 0.2) is 0 Å². The van der Waals surface area contributed by atoms with Crippen molar-refractivity contribution < 1.29 is 19.8 Å². The number of carbonyl (C=O) groups is 2. The van der Waals surface area contributed by atoms with Crippen molar-refractivity contribution in [2.45, 2.75) is 47.0 Å². The van der Waals surface area contributed by atoms with E-state index in [4.69, 9.17) is 0 Å². The van der Waals surface area contributed by atoms with Crippen LogP contribution in [0.2, 0.25) is 0 Å². The smallest absolute Gasteiger partial charge is 0.338 e. The van der Waals surface area contributed by atoms with E-state index in [1.165, 1.54) is 0 Å². The first-order chi connectivity index (χ1) is 11.8. The van der Waals surface area contributed by atoms with E-state index in [0.29, 0.717) is 16.8 Å². The van der Waals surface area contributed by atoms with Crippen LogP contribution in [0.25, 0.3) is 0 Å². The topological polar surface area (TPSA) is 77.8 Å². The predicted octanol–water partition coefficient (Wildman–Crippen LogP) is 3.69. The zero-order valence-electron chi connectivity index (χ0n) is 15.3. The van der Waals surface area contributed by atoms with Gasteiger partial charge in [0.1, 0.15) is 0 Å². The number of hydrogen-bond acceptors (Lipinski definition) is 3. The van der Waals surface area contributed by atoms with Crippen LogP contribution in [0.1, 0.15) is 63.6 Å². The predicted molar refractivity (Wildman–Crippen MR) is 101 cm³/mol.